The maximum atomic E-state index is 12.9. The van der Waals surface area contributed by atoms with Gasteiger partial charge in [0.1, 0.15) is 22.7 Å². The molecule has 134 valence electrons. The zero-order chi connectivity index (χ0) is 17.2. The van der Waals surface area contributed by atoms with Crippen molar-refractivity contribution in [1.82, 2.24) is 0 Å². The lowest BCUT2D eigenvalue weighted by Gasteiger charge is -2.72. The van der Waals surface area contributed by atoms with Gasteiger partial charge in [-0.25, -0.2) is 0 Å². The highest BCUT2D eigenvalue weighted by atomic mass is 16.6. The molecule has 0 amide bonds. The Hall–Kier alpha value is -0.610. The second kappa shape index (κ2) is 4.03. The van der Waals surface area contributed by atoms with Crippen LogP contribution in [0.2, 0.25) is 0 Å². The van der Waals surface area contributed by atoms with Crippen molar-refractivity contribution in [2.45, 2.75) is 95.5 Å². The van der Waals surface area contributed by atoms with E-state index < -0.39 is 16.6 Å². The predicted molar refractivity (Wildman–Crippen MR) is 88.2 cm³/mol. The Morgan fingerprint density at radius 1 is 1.12 bits per heavy atom. The minimum atomic E-state index is -0.993. The van der Waals surface area contributed by atoms with E-state index in [1.807, 2.05) is 0 Å². The van der Waals surface area contributed by atoms with Gasteiger partial charge in [0.2, 0.25) is 0 Å². The van der Waals surface area contributed by atoms with Crippen LogP contribution in [0.3, 0.4) is 0 Å². The number of carbonyl (C=O) groups is 1. The number of carbonyl (C=O) groups excluding carboxylic acids is 1. The van der Waals surface area contributed by atoms with E-state index in [4.69, 9.17) is 9.47 Å². The molecule has 0 radical (unpaired) electrons. The lowest BCUT2D eigenvalue weighted by Crippen LogP contribution is -2.85. The highest BCUT2D eigenvalue weighted by Gasteiger charge is 2.89. The molecule has 0 unspecified atom stereocenters. The number of hydrogen-bond acceptors (Lipinski definition) is 4. The average molecular weight is 334 g/mol. The molecule has 4 nitrogen and oxygen atoms in total. The summed E-state index contributed by atoms with van der Waals surface area (Å²) in [6.45, 7) is 8.97. The summed E-state index contributed by atoms with van der Waals surface area (Å²) in [7, 11) is 0. The predicted octanol–water partition coefficient (Wildman–Crippen LogP) is 3.21. The van der Waals surface area contributed by atoms with E-state index in [0.717, 1.165) is 38.5 Å². The van der Waals surface area contributed by atoms with Gasteiger partial charge in [-0.3, -0.25) is 4.79 Å². The number of fused-ring (bicyclic) bond motifs is 2. The van der Waals surface area contributed by atoms with Crippen molar-refractivity contribution in [3.63, 3.8) is 0 Å². The van der Waals surface area contributed by atoms with Crippen LogP contribution in [0.1, 0.15) is 72.6 Å². The van der Waals surface area contributed by atoms with Crippen LogP contribution in [-0.2, 0) is 14.3 Å². The van der Waals surface area contributed by atoms with Crippen molar-refractivity contribution in [3.05, 3.63) is 0 Å². The molecule has 6 atom stereocenters. The molecule has 5 fully saturated rings. The quantitative estimate of drug-likeness (QED) is 0.591. The van der Waals surface area contributed by atoms with E-state index in [1.54, 1.807) is 0 Å². The summed E-state index contributed by atoms with van der Waals surface area (Å²) < 4.78 is 12.1. The molecular formula is C20H30O4. The first kappa shape index (κ1) is 15.6. The number of esters is 1. The molecule has 3 saturated carbocycles. The van der Waals surface area contributed by atoms with E-state index >= 15 is 0 Å². The molecule has 0 aromatic rings. The lowest BCUT2D eigenvalue weighted by atomic mass is 9.37. The summed E-state index contributed by atoms with van der Waals surface area (Å²) in [5.74, 6) is 0.665. The van der Waals surface area contributed by atoms with Crippen molar-refractivity contribution in [1.29, 1.82) is 0 Å². The minimum absolute atomic E-state index is 0.0453. The van der Waals surface area contributed by atoms with Gasteiger partial charge >= 0.3 is 5.97 Å². The monoisotopic (exact) mass is 334 g/mol. The first-order valence-corrected chi connectivity index (χ1v) is 9.80. The van der Waals surface area contributed by atoms with Crippen molar-refractivity contribution < 1.29 is 19.4 Å². The molecule has 0 bridgehead atoms. The third-order valence-corrected chi connectivity index (χ3v) is 8.80. The summed E-state index contributed by atoms with van der Waals surface area (Å²) in [4.78, 5) is 12.9. The molecule has 24 heavy (non-hydrogen) atoms. The third-order valence-electron chi connectivity index (χ3n) is 8.80. The largest absolute Gasteiger partial charge is 0.454 e. The maximum absolute atomic E-state index is 12.9. The number of epoxide rings is 1. The Morgan fingerprint density at radius 3 is 2.54 bits per heavy atom. The first-order valence-electron chi connectivity index (χ1n) is 9.80. The van der Waals surface area contributed by atoms with Crippen LogP contribution < -0.4 is 0 Å². The van der Waals surface area contributed by atoms with Crippen molar-refractivity contribution in [2.75, 3.05) is 0 Å². The van der Waals surface area contributed by atoms with Gasteiger partial charge in [0.15, 0.2) is 5.60 Å². The van der Waals surface area contributed by atoms with Crippen LogP contribution in [0.15, 0.2) is 0 Å². The van der Waals surface area contributed by atoms with E-state index in [9.17, 15) is 9.90 Å². The molecule has 1 N–H and O–H groups in total. The fourth-order valence-electron chi connectivity index (χ4n) is 7.51. The lowest BCUT2D eigenvalue weighted by molar-refractivity contribution is -0.353. The van der Waals surface area contributed by atoms with Crippen LogP contribution in [0, 0.1) is 22.7 Å². The molecule has 5 aliphatic rings. The van der Waals surface area contributed by atoms with E-state index in [1.165, 1.54) is 0 Å². The number of hydrogen-bond donors (Lipinski definition) is 1. The van der Waals surface area contributed by atoms with E-state index in [2.05, 4.69) is 27.7 Å². The maximum Gasteiger partial charge on any atom is 0.317 e. The molecule has 5 rings (SSSR count). The zero-order valence-corrected chi connectivity index (χ0v) is 15.4. The van der Waals surface area contributed by atoms with Gasteiger partial charge in [0.05, 0.1) is 0 Å². The first-order chi connectivity index (χ1) is 11.2. The molecule has 2 saturated heterocycles. The van der Waals surface area contributed by atoms with Crippen LogP contribution in [0.4, 0.5) is 0 Å². The van der Waals surface area contributed by atoms with Crippen LogP contribution in [-0.4, -0.2) is 34.0 Å². The van der Waals surface area contributed by atoms with Crippen molar-refractivity contribution >= 4 is 5.97 Å². The molecule has 3 aliphatic carbocycles. The Bertz CT molecular complexity index is 627. The van der Waals surface area contributed by atoms with Gasteiger partial charge in [-0.05, 0) is 55.8 Å². The molecular weight excluding hydrogens is 304 g/mol. The highest BCUT2D eigenvalue weighted by molar-refractivity contribution is 5.87. The van der Waals surface area contributed by atoms with Gasteiger partial charge in [0, 0.05) is 0 Å². The summed E-state index contributed by atoms with van der Waals surface area (Å²) in [5, 5.41) is 11.8. The summed E-state index contributed by atoms with van der Waals surface area (Å²) in [6, 6.07) is 0. The second-order valence-electron chi connectivity index (χ2n) is 10.2. The van der Waals surface area contributed by atoms with Crippen LogP contribution in [0.25, 0.3) is 0 Å². The zero-order valence-electron chi connectivity index (χ0n) is 15.4. The molecule has 2 spiro atoms. The SMILES string of the molecule is CC(C)[C@]12CC[C@]34OC(=O)[C@@]35CCCC(C)(C)[C@@H]5CC[C@]4(O)[C@H]1O2. The standard InChI is InChI=1S/C20H30O4/c1-12(2)18-10-11-20-17(15(21)24-20)8-5-7-16(3,4)13(17)6-9-19(20,22)14(18)23-18/h12-14,22H,5-11H2,1-4H3/t13-,14-,17-,18+,19-,20-/m0/s1. The normalized spacial score (nSPS) is 57.0. The minimum Gasteiger partial charge on any atom is -0.454 e. The van der Waals surface area contributed by atoms with Crippen LogP contribution in [0.5, 0.6) is 0 Å². The van der Waals surface area contributed by atoms with Crippen LogP contribution >= 0.6 is 0 Å². The molecule has 0 aromatic carbocycles. The molecule has 4 heteroatoms. The smallest absolute Gasteiger partial charge is 0.317 e. The highest BCUT2D eigenvalue weighted by Crippen LogP contribution is 2.76. The second-order valence-corrected chi connectivity index (χ2v) is 10.2. The van der Waals surface area contributed by atoms with Crippen molar-refractivity contribution in [3.8, 4) is 0 Å². The Balaban J connectivity index is 1.63. The number of aliphatic hydroxyl groups is 1. The molecule has 2 heterocycles. The number of rotatable bonds is 1. The average Bonchev–Trinajstić information content (AvgIpc) is 3.25. The summed E-state index contributed by atoms with van der Waals surface area (Å²) in [5.41, 5.74) is -2.22. The van der Waals surface area contributed by atoms with Crippen molar-refractivity contribution in [2.24, 2.45) is 22.7 Å². The Kier molecular flexibility index (Phi) is 2.63. The molecule has 2 aliphatic heterocycles. The number of ether oxygens (including phenoxy) is 2. The van der Waals surface area contributed by atoms with Gasteiger partial charge in [0.25, 0.3) is 0 Å². The topological polar surface area (TPSA) is 59.1 Å². The third kappa shape index (κ3) is 1.31. The van der Waals surface area contributed by atoms with Gasteiger partial charge in [-0.1, -0.05) is 34.1 Å². The van der Waals surface area contributed by atoms with Gasteiger partial charge in [-0.15, -0.1) is 0 Å². The van der Waals surface area contributed by atoms with Gasteiger partial charge < -0.3 is 14.6 Å². The summed E-state index contributed by atoms with van der Waals surface area (Å²) >= 11 is 0. The fraction of sp³-hybridized carbons (Fsp3) is 0.950. The Morgan fingerprint density at radius 2 is 1.88 bits per heavy atom. The molecule has 0 aromatic heterocycles. The van der Waals surface area contributed by atoms with E-state index in [-0.39, 0.29) is 23.1 Å². The van der Waals surface area contributed by atoms with E-state index in [0.29, 0.717) is 18.3 Å². The summed E-state index contributed by atoms with van der Waals surface area (Å²) in [6.07, 6.45) is 6.22. The fourth-order valence-corrected chi connectivity index (χ4v) is 7.51. The van der Waals surface area contributed by atoms with Gasteiger partial charge in [-0.2, -0.15) is 0 Å². The Labute approximate surface area is 144 Å².